The van der Waals surface area contributed by atoms with Crippen LogP contribution in [0.4, 0.5) is 14.7 Å². The summed E-state index contributed by atoms with van der Waals surface area (Å²) in [5.74, 6) is -0.344. The molecule has 0 amide bonds. The van der Waals surface area contributed by atoms with Crippen LogP contribution in [0.2, 0.25) is 0 Å². The first-order valence-corrected chi connectivity index (χ1v) is 6.61. The number of pyridine rings is 1. The summed E-state index contributed by atoms with van der Waals surface area (Å²) in [5, 5.41) is 7.06. The number of nitrogens with one attached hydrogen (secondary N) is 1. The highest BCUT2D eigenvalue weighted by Gasteiger charge is 2.06. The minimum absolute atomic E-state index is 0.310. The van der Waals surface area contributed by atoms with Crippen molar-refractivity contribution in [2.45, 2.75) is 6.54 Å². The number of benzene rings is 1. The van der Waals surface area contributed by atoms with E-state index in [0.717, 1.165) is 10.0 Å². The first-order chi connectivity index (χ1) is 9.61. The van der Waals surface area contributed by atoms with Crippen molar-refractivity contribution < 1.29 is 8.78 Å². The average molecular weight is 339 g/mol. The Morgan fingerprint density at radius 2 is 1.95 bits per heavy atom. The Labute approximate surface area is 121 Å². The quantitative estimate of drug-likeness (QED) is 0.796. The highest BCUT2D eigenvalue weighted by molar-refractivity contribution is 9.10. The zero-order valence-corrected chi connectivity index (χ0v) is 11.7. The van der Waals surface area contributed by atoms with Crippen molar-refractivity contribution in [3.63, 3.8) is 0 Å². The number of fused-ring (bicyclic) bond motifs is 1. The topological polar surface area (TPSA) is 42.2 Å². The van der Waals surface area contributed by atoms with E-state index >= 15 is 0 Å². The molecule has 0 bridgehead atoms. The lowest BCUT2D eigenvalue weighted by Crippen LogP contribution is -2.02. The van der Waals surface area contributed by atoms with Gasteiger partial charge in [-0.3, -0.25) is 0 Å². The van der Waals surface area contributed by atoms with Gasteiger partial charge in [-0.05, 0) is 35.9 Å². The second-order valence-electron chi connectivity index (χ2n) is 4.17. The van der Waals surface area contributed by atoms with Gasteiger partial charge < -0.3 is 5.32 Å². The number of halogens is 3. The standard InChI is InChI=1S/C13H9BrF2N4/c14-11-3-1-9(15)5-8(11)6-17-13-18-12-4-2-10(16)7-20(12)19-13/h1-5,7H,6H2,(H,17,19). The highest BCUT2D eigenvalue weighted by Crippen LogP contribution is 2.18. The van der Waals surface area contributed by atoms with Gasteiger partial charge in [0, 0.05) is 11.0 Å². The van der Waals surface area contributed by atoms with Crippen LogP contribution in [0.1, 0.15) is 5.56 Å². The molecule has 2 aromatic heterocycles. The van der Waals surface area contributed by atoms with Gasteiger partial charge in [0.25, 0.3) is 0 Å². The SMILES string of the molecule is Fc1ccc(Br)c(CNc2nc3ccc(F)cn3n2)c1. The van der Waals surface area contributed by atoms with Gasteiger partial charge in [-0.25, -0.2) is 13.3 Å². The van der Waals surface area contributed by atoms with E-state index in [4.69, 9.17) is 0 Å². The summed E-state index contributed by atoms with van der Waals surface area (Å²) in [7, 11) is 0. The third kappa shape index (κ3) is 2.62. The summed E-state index contributed by atoms with van der Waals surface area (Å²) in [4.78, 5) is 4.19. The molecule has 1 N–H and O–H groups in total. The van der Waals surface area contributed by atoms with Gasteiger partial charge in [0.1, 0.15) is 11.6 Å². The molecule has 0 aliphatic rings. The van der Waals surface area contributed by atoms with Crippen molar-refractivity contribution in [2.75, 3.05) is 5.32 Å². The fraction of sp³-hybridized carbons (Fsp3) is 0.0769. The maximum atomic E-state index is 13.2. The number of hydrogen-bond donors (Lipinski definition) is 1. The Kier molecular flexibility index (Phi) is 3.35. The molecule has 20 heavy (non-hydrogen) atoms. The van der Waals surface area contributed by atoms with Crippen molar-refractivity contribution >= 4 is 27.5 Å². The molecule has 3 rings (SSSR count). The molecule has 1 aromatic carbocycles. The molecule has 7 heteroatoms. The predicted octanol–water partition coefficient (Wildman–Crippen LogP) is 3.38. The van der Waals surface area contributed by atoms with Crippen LogP contribution in [0.15, 0.2) is 41.0 Å². The summed E-state index contributed by atoms with van der Waals surface area (Å²) < 4.78 is 28.3. The molecule has 0 spiro atoms. The number of rotatable bonds is 3. The lowest BCUT2D eigenvalue weighted by molar-refractivity contribution is 0.614. The maximum Gasteiger partial charge on any atom is 0.243 e. The van der Waals surface area contributed by atoms with Gasteiger partial charge in [0.15, 0.2) is 5.65 Å². The van der Waals surface area contributed by atoms with E-state index in [0.29, 0.717) is 18.1 Å². The molecule has 2 heterocycles. The Morgan fingerprint density at radius 1 is 1.15 bits per heavy atom. The van der Waals surface area contributed by atoms with E-state index in [1.165, 1.54) is 35.0 Å². The lowest BCUT2D eigenvalue weighted by Gasteiger charge is -2.04. The second-order valence-corrected chi connectivity index (χ2v) is 5.03. The van der Waals surface area contributed by atoms with Crippen LogP contribution in [0.5, 0.6) is 0 Å². The molecule has 4 nitrogen and oxygen atoms in total. The van der Waals surface area contributed by atoms with Crippen molar-refractivity contribution in [1.29, 1.82) is 0 Å². The fourth-order valence-electron chi connectivity index (χ4n) is 1.79. The van der Waals surface area contributed by atoms with E-state index < -0.39 is 0 Å². The van der Waals surface area contributed by atoms with Crippen LogP contribution < -0.4 is 5.32 Å². The first kappa shape index (κ1) is 13.0. The van der Waals surface area contributed by atoms with Gasteiger partial charge in [-0.2, -0.15) is 4.98 Å². The summed E-state index contributed by atoms with van der Waals surface area (Å²) in [6.45, 7) is 0.359. The van der Waals surface area contributed by atoms with E-state index in [1.54, 1.807) is 6.07 Å². The number of hydrogen-bond acceptors (Lipinski definition) is 3. The molecule has 0 aliphatic carbocycles. The number of nitrogens with zero attached hydrogens (tertiary/aromatic N) is 3. The Morgan fingerprint density at radius 3 is 2.80 bits per heavy atom. The van der Waals surface area contributed by atoms with Crippen molar-refractivity contribution in [2.24, 2.45) is 0 Å². The van der Waals surface area contributed by atoms with Gasteiger partial charge >= 0.3 is 0 Å². The van der Waals surface area contributed by atoms with Crippen molar-refractivity contribution in [1.82, 2.24) is 14.6 Å². The molecule has 0 radical (unpaired) electrons. The van der Waals surface area contributed by atoms with Crippen LogP contribution in [-0.4, -0.2) is 14.6 Å². The number of aromatic nitrogens is 3. The molecule has 0 saturated heterocycles. The maximum absolute atomic E-state index is 13.2. The molecule has 0 atom stereocenters. The zero-order chi connectivity index (χ0) is 14.1. The van der Waals surface area contributed by atoms with Crippen molar-refractivity contribution in [3.8, 4) is 0 Å². The van der Waals surface area contributed by atoms with Crippen LogP contribution in [-0.2, 0) is 6.54 Å². The summed E-state index contributed by atoms with van der Waals surface area (Å²) >= 11 is 3.35. The minimum atomic E-state index is -0.387. The molecule has 102 valence electrons. The summed E-state index contributed by atoms with van der Waals surface area (Å²) in [6, 6.07) is 7.29. The summed E-state index contributed by atoms with van der Waals surface area (Å²) in [5.41, 5.74) is 1.28. The van der Waals surface area contributed by atoms with Crippen LogP contribution in [0, 0.1) is 11.6 Å². The Balaban J connectivity index is 1.81. The van der Waals surface area contributed by atoms with Crippen LogP contribution in [0.25, 0.3) is 5.65 Å². The van der Waals surface area contributed by atoms with E-state index in [1.807, 2.05) is 0 Å². The fourth-order valence-corrected chi connectivity index (χ4v) is 2.17. The largest absolute Gasteiger partial charge is 0.349 e. The molecule has 0 aliphatic heterocycles. The highest BCUT2D eigenvalue weighted by atomic mass is 79.9. The minimum Gasteiger partial charge on any atom is -0.349 e. The summed E-state index contributed by atoms with van der Waals surface area (Å²) in [6.07, 6.45) is 1.24. The van der Waals surface area contributed by atoms with Crippen molar-refractivity contribution in [3.05, 3.63) is 58.2 Å². The predicted molar refractivity (Wildman–Crippen MR) is 74.4 cm³/mol. The second kappa shape index (κ2) is 5.16. The molecular weight excluding hydrogens is 330 g/mol. The Bertz CT molecular complexity index is 772. The molecule has 0 fully saturated rings. The van der Waals surface area contributed by atoms with E-state index in [9.17, 15) is 8.78 Å². The molecule has 3 aromatic rings. The van der Waals surface area contributed by atoms with Gasteiger partial charge in [-0.15, -0.1) is 5.10 Å². The normalized spacial score (nSPS) is 10.9. The van der Waals surface area contributed by atoms with Crippen LogP contribution >= 0.6 is 15.9 Å². The van der Waals surface area contributed by atoms with Gasteiger partial charge in [0.05, 0.1) is 6.20 Å². The first-order valence-electron chi connectivity index (χ1n) is 5.81. The van der Waals surface area contributed by atoms with E-state index in [2.05, 4.69) is 31.3 Å². The lowest BCUT2D eigenvalue weighted by atomic mass is 10.2. The van der Waals surface area contributed by atoms with Gasteiger partial charge in [0.2, 0.25) is 5.95 Å². The van der Waals surface area contributed by atoms with E-state index in [-0.39, 0.29) is 11.6 Å². The molecular formula is C13H9BrF2N4. The zero-order valence-electron chi connectivity index (χ0n) is 10.1. The molecule has 0 unspecified atom stereocenters. The molecule has 0 saturated carbocycles. The number of anilines is 1. The average Bonchev–Trinajstić information content (AvgIpc) is 2.81. The third-order valence-corrected chi connectivity index (χ3v) is 3.51. The van der Waals surface area contributed by atoms with Gasteiger partial charge in [-0.1, -0.05) is 15.9 Å². The van der Waals surface area contributed by atoms with Crippen LogP contribution in [0.3, 0.4) is 0 Å². The monoisotopic (exact) mass is 338 g/mol. The Hall–Kier alpha value is -2.02. The third-order valence-electron chi connectivity index (χ3n) is 2.74. The smallest absolute Gasteiger partial charge is 0.243 e.